The molecule has 2 aromatic rings. The van der Waals surface area contributed by atoms with Gasteiger partial charge >= 0.3 is 0 Å². The fraction of sp³-hybridized carbons (Fsp3) is 0.435. The number of ether oxygens (including phenoxy) is 1. The van der Waals surface area contributed by atoms with Crippen molar-refractivity contribution in [1.29, 1.82) is 0 Å². The van der Waals surface area contributed by atoms with Gasteiger partial charge in [-0.05, 0) is 29.5 Å². The summed E-state index contributed by atoms with van der Waals surface area (Å²) in [6.45, 7) is 7.99. The molecule has 0 saturated heterocycles. The van der Waals surface area contributed by atoms with Gasteiger partial charge in [-0.3, -0.25) is 4.79 Å². The van der Waals surface area contributed by atoms with Crippen LogP contribution in [0, 0.1) is 0 Å². The van der Waals surface area contributed by atoms with Gasteiger partial charge in [-0.15, -0.1) is 0 Å². The van der Waals surface area contributed by atoms with Crippen molar-refractivity contribution < 1.29 is 9.53 Å². The summed E-state index contributed by atoms with van der Waals surface area (Å²) < 4.78 is 5.39. The third-order valence-corrected chi connectivity index (χ3v) is 4.69. The van der Waals surface area contributed by atoms with Crippen molar-refractivity contribution in [2.45, 2.75) is 52.5 Å². The molecule has 0 aromatic heterocycles. The molecule has 2 aromatic carbocycles. The first kappa shape index (κ1) is 20.0. The highest BCUT2D eigenvalue weighted by atomic mass is 16.5. The second-order valence-electron chi connectivity index (χ2n) is 7.05. The Labute approximate surface area is 158 Å². The van der Waals surface area contributed by atoms with Crippen LogP contribution in [-0.2, 0) is 17.8 Å². The lowest BCUT2D eigenvalue weighted by molar-refractivity contribution is -0.131. The van der Waals surface area contributed by atoms with Crippen LogP contribution in [0.5, 0.6) is 5.75 Å². The third kappa shape index (κ3) is 5.62. The molecule has 0 heterocycles. The minimum absolute atomic E-state index is 0.149. The molecule has 0 radical (unpaired) electrons. The first-order valence-corrected chi connectivity index (χ1v) is 9.53. The zero-order chi connectivity index (χ0) is 18.9. The topological polar surface area (TPSA) is 29.5 Å². The van der Waals surface area contributed by atoms with Crippen molar-refractivity contribution in [2.24, 2.45) is 0 Å². The molecule has 0 aliphatic rings. The van der Waals surface area contributed by atoms with Gasteiger partial charge < -0.3 is 9.64 Å². The number of nitrogens with zero attached hydrogens (tertiary/aromatic N) is 1. The molecular weight excluding hydrogens is 322 g/mol. The van der Waals surface area contributed by atoms with Crippen LogP contribution in [0.15, 0.2) is 48.5 Å². The third-order valence-electron chi connectivity index (χ3n) is 4.69. The molecule has 1 amide bonds. The van der Waals surface area contributed by atoms with E-state index in [-0.39, 0.29) is 5.91 Å². The summed E-state index contributed by atoms with van der Waals surface area (Å²) in [7, 11) is 1.65. The van der Waals surface area contributed by atoms with Gasteiger partial charge in [0.1, 0.15) is 5.75 Å². The fourth-order valence-electron chi connectivity index (χ4n) is 2.99. The first-order chi connectivity index (χ1) is 12.5. The zero-order valence-electron chi connectivity index (χ0n) is 16.5. The molecule has 0 aliphatic carbocycles. The average Bonchev–Trinajstić information content (AvgIpc) is 2.65. The Morgan fingerprint density at radius 2 is 1.77 bits per heavy atom. The Hall–Kier alpha value is -2.29. The highest BCUT2D eigenvalue weighted by molar-refractivity contribution is 5.79. The van der Waals surface area contributed by atoms with Crippen LogP contribution >= 0.6 is 0 Å². The fourth-order valence-corrected chi connectivity index (χ4v) is 2.99. The van der Waals surface area contributed by atoms with E-state index in [9.17, 15) is 4.79 Å². The van der Waals surface area contributed by atoms with Gasteiger partial charge in [0.25, 0.3) is 0 Å². The highest BCUT2D eigenvalue weighted by Crippen LogP contribution is 2.20. The maximum Gasteiger partial charge on any atom is 0.227 e. The minimum atomic E-state index is 0.149. The van der Waals surface area contributed by atoms with Crippen LogP contribution in [-0.4, -0.2) is 24.5 Å². The second-order valence-corrected chi connectivity index (χ2v) is 7.05. The lowest BCUT2D eigenvalue weighted by atomic mass is 10.0. The summed E-state index contributed by atoms with van der Waals surface area (Å²) in [5.41, 5.74) is 3.45. The molecule has 2 rings (SSSR count). The van der Waals surface area contributed by atoms with E-state index in [0.29, 0.717) is 18.9 Å². The van der Waals surface area contributed by atoms with Crippen LogP contribution in [0.4, 0.5) is 0 Å². The maximum absolute atomic E-state index is 12.9. The van der Waals surface area contributed by atoms with Gasteiger partial charge in [-0.1, -0.05) is 69.7 Å². The lowest BCUT2D eigenvalue weighted by Crippen LogP contribution is -2.32. The van der Waals surface area contributed by atoms with Crippen LogP contribution in [0.25, 0.3) is 0 Å². The van der Waals surface area contributed by atoms with Crippen LogP contribution in [0.1, 0.15) is 56.2 Å². The SMILES string of the molecule is CCCCN(Cc1ccc(C(C)C)cc1)C(=O)Cc1ccccc1OC. The van der Waals surface area contributed by atoms with E-state index in [0.717, 1.165) is 30.7 Å². The number of hydrogen-bond donors (Lipinski definition) is 0. The maximum atomic E-state index is 12.9. The molecule has 0 N–H and O–H groups in total. The smallest absolute Gasteiger partial charge is 0.227 e. The zero-order valence-corrected chi connectivity index (χ0v) is 16.5. The van der Waals surface area contributed by atoms with E-state index < -0.39 is 0 Å². The molecule has 26 heavy (non-hydrogen) atoms. The van der Waals surface area contributed by atoms with Gasteiger partial charge in [0.15, 0.2) is 0 Å². The van der Waals surface area contributed by atoms with E-state index in [1.165, 1.54) is 11.1 Å². The van der Waals surface area contributed by atoms with Crippen LogP contribution in [0.3, 0.4) is 0 Å². The average molecular weight is 354 g/mol. The quantitative estimate of drug-likeness (QED) is 0.621. The number of hydrogen-bond acceptors (Lipinski definition) is 2. The Kier molecular flexibility index (Phi) is 7.71. The van der Waals surface area contributed by atoms with E-state index in [2.05, 4.69) is 45.0 Å². The van der Waals surface area contributed by atoms with Crippen LogP contribution in [0.2, 0.25) is 0 Å². The molecule has 0 spiro atoms. The molecule has 3 nitrogen and oxygen atoms in total. The summed E-state index contributed by atoms with van der Waals surface area (Å²) >= 11 is 0. The van der Waals surface area contributed by atoms with Crippen LogP contribution < -0.4 is 4.74 Å². The molecule has 0 saturated carbocycles. The van der Waals surface area contributed by atoms with Crippen molar-refractivity contribution >= 4 is 5.91 Å². The van der Waals surface area contributed by atoms with Crippen molar-refractivity contribution in [1.82, 2.24) is 4.90 Å². The number of para-hydroxylation sites is 1. The molecule has 0 bridgehead atoms. The normalized spacial score (nSPS) is 10.8. The number of methoxy groups -OCH3 is 1. The predicted molar refractivity (Wildman–Crippen MR) is 108 cm³/mol. The number of benzene rings is 2. The van der Waals surface area contributed by atoms with Gasteiger partial charge in [0.05, 0.1) is 13.5 Å². The number of amides is 1. The van der Waals surface area contributed by atoms with Gasteiger partial charge in [0, 0.05) is 18.7 Å². The summed E-state index contributed by atoms with van der Waals surface area (Å²) in [5, 5.41) is 0. The van der Waals surface area contributed by atoms with Gasteiger partial charge in [-0.2, -0.15) is 0 Å². The molecule has 0 atom stereocenters. The Morgan fingerprint density at radius 1 is 1.08 bits per heavy atom. The Morgan fingerprint density at radius 3 is 2.38 bits per heavy atom. The van der Waals surface area contributed by atoms with Crippen molar-refractivity contribution in [2.75, 3.05) is 13.7 Å². The minimum Gasteiger partial charge on any atom is -0.496 e. The monoisotopic (exact) mass is 353 g/mol. The van der Waals surface area contributed by atoms with Gasteiger partial charge in [0.2, 0.25) is 5.91 Å². The first-order valence-electron chi connectivity index (χ1n) is 9.53. The van der Waals surface area contributed by atoms with Gasteiger partial charge in [-0.25, -0.2) is 0 Å². The summed E-state index contributed by atoms with van der Waals surface area (Å²) in [6.07, 6.45) is 2.46. The molecule has 0 unspecified atom stereocenters. The highest BCUT2D eigenvalue weighted by Gasteiger charge is 2.16. The number of carbonyl (C=O) groups is 1. The van der Waals surface area contributed by atoms with E-state index in [4.69, 9.17) is 4.74 Å². The molecule has 3 heteroatoms. The second kappa shape index (κ2) is 10.0. The standard InChI is InChI=1S/C23H31NO2/c1-5-6-15-24(17-19-11-13-20(14-12-19)18(2)3)23(25)16-21-9-7-8-10-22(21)26-4/h7-14,18H,5-6,15-17H2,1-4H3. The lowest BCUT2D eigenvalue weighted by Gasteiger charge is -2.23. The van der Waals surface area contributed by atoms with E-state index in [1.54, 1.807) is 7.11 Å². The molecule has 0 aliphatic heterocycles. The van der Waals surface area contributed by atoms with Crippen molar-refractivity contribution in [3.05, 3.63) is 65.2 Å². The largest absolute Gasteiger partial charge is 0.496 e. The number of rotatable bonds is 9. The van der Waals surface area contributed by atoms with E-state index in [1.807, 2.05) is 29.2 Å². The Bertz CT molecular complexity index is 692. The molecular formula is C23H31NO2. The van der Waals surface area contributed by atoms with Crippen molar-refractivity contribution in [3.63, 3.8) is 0 Å². The summed E-state index contributed by atoms with van der Waals surface area (Å²) in [6, 6.07) is 16.4. The van der Waals surface area contributed by atoms with E-state index >= 15 is 0 Å². The molecule has 0 fully saturated rings. The number of carbonyl (C=O) groups excluding carboxylic acids is 1. The predicted octanol–water partition coefficient (Wildman–Crippen LogP) is 5.19. The molecule has 140 valence electrons. The summed E-state index contributed by atoms with van der Waals surface area (Å²) in [4.78, 5) is 14.9. The van der Waals surface area contributed by atoms with Crippen molar-refractivity contribution in [3.8, 4) is 5.75 Å². The summed E-state index contributed by atoms with van der Waals surface area (Å²) in [5.74, 6) is 1.45. The number of unbranched alkanes of at least 4 members (excludes halogenated alkanes) is 1. The Balaban J connectivity index is 2.11.